The largest absolute Gasteiger partial charge is 0.435 e. The van der Waals surface area contributed by atoms with Gasteiger partial charge in [-0.25, -0.2) is 0 Å². The molecule has 0 bridgehead atoms. The van der Waals surface area contributed by atoms with E-state index in [0.29, 0.717) is 12.6 Å². The summed E-state index contributed by atoms with van der Waals surface area (Å²) in [7, 11) is 0. The van der Waals surface area contributed by atoms with Crippen LogP contribution in [0.5, 0.6) is 5.75 Å². The molecule has 1 atom stereocenters. The predicted molar refractivity (Wildman–Crippen MR) is 70.2 cm³/mol. The van der Waals surface area contributed by atoms with Gasteiger partial charge in [-0.3, -0.25) is 0 Å². The van der Waals surface area contributed by atoms with Crippen molar-refractivity contribution in [2.24, 2.45) is 5.73 Å². The molecule has 2 rings (SSSR count). The van der Waals surface area contributed by atoms with Crippen LogP contribution in [0.4, 0.5) is 8.78 Å². The lowest BCUT2D eigenvalue weighted by Crippen LogP contribution is -2.35. The number of hydrogen-bond donors (Lipinski definition) is 2. The lowest BCUT2D eigenvalue weighted by Gasteiger charge is -2.22. The Kier molecular flexibility index (Phi) is 4.87. The molecule has 0 amide bonds. The maximum atomic E-state index is 12.1. The van der Waals surface area contributed by atoms with Crippen molar-refractivity contribution >= 4 is 0 Å². The summed E-state index contributed by atoms with van der Waals surface area (Å²) in [5, 5.41) is 3.47. The third-order valence-electron chi connectivity index (χ3n) is 3.19. The molecule has 19 heavy (non-hydrogen) atoms. The van der Waals surface area contributed by atoms with Gasteiger partial charge < -0.3 is 15.8 Å². The molecule has 3 nitrogen and oxygen atoms in total. The Morgan fingerprint density at radius 3 is 2.37 bits per heavy atom. The van der Waals surface area contributed by atoms with Crippen LogP contribution in [0.2, 0.25) is 0 Å². The van der Waals surface area contributed by atoms with Crippen LogP contribution in [0, 0.1) is 0 Å². The van der Waals surface area contributed by atoms with Gasteiger partial charge in [-0.1, -0.05) is 24.3 Å². The smallest absolute Gasteiger partial charge is 0.387 e. The first kappa shape index (κ1) is 14.0. The van der Waals surface area contributed by atoms with E-state index in [4.69, 9.17) is 5.73 Å². The molecule has 0 saturated carbocycles. The number of alkyl halides is 2. The molecule has 0 spiro atoms. The zero-order valence-corrected chi connectivity index (χ0v) is 10.6. The normalized spacial score (nSPS) is 17.1. The van der Waals surface area contributed by atoms with Crippen molar-refractivity contribution in [3.8, 4) is 5.75 Å². The SMILES string of the molecule is NCC(NC1CC=CC1)c1ccc(OC(F)F)cc1. The van der Waals surface area contributed by atoms with Crippen LogP contribution in [0.25, 0.3) is 0 Å². The van der Waals surface area contributed by atoms with Crippen molar-refractivity contribution in [2.45, 2.75) is 31.5 Å². The summed E-state index contributed by atoms with van der Waals surface area (Å²) < 4.78 is 28.4. The first-order valence-corrected chi connectivity index (χ1v) is 6.35. The van der Waals surface area contributed by atoms with E-state index in [1.165, 1.54) is 0 Å². The fourth-order valence-corrected chi connectivity index (χ4v) is 2.22. The molecule has 1 aliphatic rings. The minimum atomic E-state index is -2.79. The Bertz CT molecular complexity index is 412. The van der Waals surface area contributed by atoms with E-state index in [0.717, 1.165) is 18.4 Å². The number of benzene rings is 1. The molecule has 0 heterocycles. The number of ether oxygens (including phenoxy) is 1. The Balaban J connectivity index is 1.97. The maximum absolute atomic E-state index is 12.1. The lowest BCUT2D eigenvalue weighted by molar-refractivity contribution is -0.0498. The van der Waals surface area contributed by atoms with Crippen molar-refractivity contribution in [3.63, 3.8) is 0 Å². The van der Waals surface area contributed by atoms with Gasteiger partial charge in [-0.2, -0.15) is 8.78 Å². The molecular weight excluding hydrogens is 250 g/mol. The van der Waals surface area contributed by atoms with Crippen LogP contribution in [-0.4, -0.2) is 19.2 Å². The van der Waals surface area contributed by atoms with Gasteiger partial charge in [0.25, 0.3) is 0 Å². The van der Waals surface area contributed by atoms with E-state index in [-0.39, 0.29) is 11.8 Å². The van der Waals surface area contributed by atoms with Gasteiger partial charge in [0.2, 0.25) is 0 Å². The second kappa shape index (κ2) is 6.63. The van der Waals surface area contributed by atoms with E-state index in [2.05, 4.69) is 22.2 Å². The average Bonchev–Trinajstić information content (AvgIpc) is 2.89. The van der Waals surface area contributed by atoms with Crippen LogP contribution in [0.15, 0.2) is 36.4 Å². The van der Waals surface area contributed by atoms with Gasteiger partial charge in [-0.05, 0) is 30.5 Å². The third-order valence-corrected chi connectivity index (χ3v) is 3.19. The summed E-state index contributed by atoms with van der Waals surface area (Å²) in [6.45, 7) is -2.33. The van der Waals surface area contributed by atoms with E-state index < -0.39 is 6.61 Å². The van der Waals surface area contributed by atoms with Crippen molar-refractivity contribution in [1.82, 2.24) is 5.32 Å². The molecule has 0 fully saturated rings. The zero-order valence-electron chi connectivity index (χ0n) is 10.6. The molecule has 0 aromatic heterocycles. The fraction of sp³-hybridized carbons (Fsp3) is 0.429. The van der Waals surface area contributed by atoms with Gasteiger partial charge in [0.1, 0.15) is 5.75 Å². The molecule has 5 heteroatoms. The van der Waals surface area contributed by atoms with Gasteiger partial charge in [-0.15, -0.1) is 0 Å². The predicted octanol–water partition coefficient (Wildman–Crippen LogP) is 2.60. The maximum Gasteiger partial charge on any atom is 0.387 e. The van der Waals surface area contributed by atoms with Crippen LogP contribution in [-0.2, 0) is 0 Å². The van der Waals surface area contributed by atoms with E-state index >= 15 is 0 Å². The molecule has 0 aliphatic heterocycles. The number of halogens is 2. The highest BCUT2D eigenvalue weighted by Gasteiger charge is 2.16. The Morgan fingerprint density at radius 1 is 1.21 bits per heavy atom. The van der Waals surface area contributed by atoms with Crippen molar-refractivity contribution < 1.29 is 13.5 Å². The lowest BCUT2D eigenvalue weighted by atomic mass is 10.1. The summed E-state index contributed by atoms with van der Waals surface area (Å²) in [5.41, 5.74) is 6.75. The summed E-state index contributed by atoms with van der Waals surface area (Å²) in [6, 6.07) is 7.06. The number of nitrogens with two attached hydrogens (primary N) is 1. The van der Waals surface area contributed by atoms with Gasteiger partial charge >= 0.3 is 6.61 Å². The molecule has 1 unspecified atom stereocenters. The summed E-state index contributed by atoms with van der Waals surface area (Å²) in [5.74, 6) is 0.164. The third kappa shape index (κ3) is 4.01. The summed E-state index contributed by atoms with van der Waals surface area (Å²) in [6.07, 6.45) is 6.29. The fourth-order valence-electron chi connectivity index (χ4n) is 2.22. The average molecular weight is 268 g/mol. The topological polar surface area (TPSA) is 47.3 Å². The number of hydrogen-bond acceptors (Lipinski definition) is 3. The Labute approximate surface area is 111 Å². The van der Waals surface area contributed by atoms with Crippen LogP contribution in [0.1, 0.15) is 24.4 Å². The minimum absolute atomic E-state index is 0.0329. The summed E-state index contributed by atoms with van der Waals surface area (Å²) in [4.78, 5) is 0. The van der Waals surface area contributed by atoms with Crippen molar-refractivity contribution in [1.29, 1.82) is 0 Å². The number of rotatable bonds is 6. The molecule has 1 aliphatic carbocycles. The minimum Gasteiger partial charge on any atom is -0.435 e. The highest BCUT2D eigenvalue weighted by atomic mass is 19.3. The molecule has 0 saturated heterocycles. The van der Waals surface area contributed by atoms with E-state index in [1.54, 1.807) is 24.3 Å². The van der Waals surface area contributed by atoms with Gasteiger partial charge in [0.15, 0.2) is 0 Å². The second-order valence-electron chi connectivity index (χ2n) is 4.54. The van der Waals surface area contributed by atoms with Crippen LogP contribution in [0.3, 0.4) is 0 Å². The Hall–Kier alpha value is -1.46. The monoisotopic (exact) mass is 268 g/mol. The van der Waals surface area contributed by atoms with Gasteiger partial charge in [0.05, 0.1) is 0 Å². The molecule has 0 radical (unpaired) electrons. The van der Waals surface area contributed by atoms with Crippen LogP contribution < -0.4 is 15.8 Å². The van der Waals surface area contributed by atoms with Crippen molar-refractivity contribution in [3.05, 3.63) is 42.0 Å². The highest BCUT2D eigenvalue weighted by Crippen LogP contribution is 2.21. The van der Waals surface area contributed by atoms with Gasteiger partial charge in [0, 0.05) is 18.6 Å². The molecule has 3 N–H and O–H groups in total. The zero-order chi connectivity index (χ0) is 13.7. The van der Waals surface area contributed by atoms with E-state index in [1.807, 2.05) is 0 Å². The quantitative estimate of drug-likeness (QED) is 0.780. The standard InChI is InChI=1S/C14H18F2N2O/c15-14(16)19-12-7-5-10(6-8-12)13(9-17)18-11-3-1-2-4-11/h1-2,5-8,11,13-14,18H,3-4,9,17H2. The molecule has 1 aromatic carbocycles. The van der Waals surface area contributed by atoms with E-state index in [9.17, 15) is 8.78 Å². The number of nitrogens with one attached hydrogen (secondary N) is 1. The van der Waals surface area contributed by atoms with Crippen LogP contribution >= 0.6 is 0 Å². The molecule has 1 aromatic rings. The first-order chi connectivity index (χ1) is 9.19. The second-order valence-corrected chi connectivity index (χ2v) is 4.54. The Morgan fingerprint density at radius 2 is 1.84 bits per heavy atom. The first-order valence-electron chi connectivity index (χ1n) is 6.35. The highest BCUT2D eigenvalue weighted by molar-refractivity contribution is 5.29. The van der Waals surface area contributed by atoms with Crippen molar-refractivity contribution in [2.75, 3.05) is 6.54 Å². The molecular formula is C14H18F2N2O. The molecule has 104 valence electrons. The summed E-state index contributed by atoms with van der Waals surface area (Å²) >= 11 is 0.